The molecule has 5 nitrogen and oxygen atoms in total. The van der Waals surface area contributed by atoms with Crippen molar-refractivity contribution in [1.82, 2.24) is 4.90 Å². The highest BCUT2D eigenvalue weighted by Crippen LogP contribution is 2.27. The molecule has 0 saturated carbocycles. The Morgan fingerprint density at radius 1 is 1.48 bits per heavy atom. The van der Waals surface area contributed by atoms with E-state index >= 15 is 0 Å². The van der Waals surface area contributed by atoms with Gasteiger partial charge >= 0.3 is 0 Å². The summed E-state index contributed by atoms with van der Waals surface area (Å²) in [6.07, 6.45) is 3.41. The van der Waals surface area contributed by atoms with E-state index in [1.54, 1.807) is 30.1 Å². The van der Waals surface area contributed by atoms with Crippen LogP contribution in [0.3, 0.4) is 0 Å². The van der Waals surface area contributed by atoms with Gasteiger partial charge in [-0.3, -0.25) is 4.79 Å². The smallest absolute Gasteiger partial charge is 0.257 e. The van der Waals surface area contributed by atoms with Crippen molar-refractivity contribution in [2.24, 2.45) is 0 Å². The Balaban J connectivity index is 2.09. The molecule has 1 aliphatic heterocycles. The molecule has 1 unspecified atom stereocenters. The second-order valence-electron chi connectivity index (χ2n) is 5.33. The molecule has 1 saturated heterocycles. The highest BCUT2D eigenvalue weighted by molar-refractivity contribution is 5.98. The summed E-state index contributed by atoms with van der Waals surface area (Å²) in [5, 5.41) is 0. The molecule has 1 aliphatic rings. The van der Waals surface area contributed by atoms with Gasteiger partial charge in [0.25, 0.3) is 5.91 Å². The van der Waals surface area contributed by atoms with Crippen molar-refractivity contribution in [2.45, 2.75) is 32.3 Å². The number of amides is 1. The number of hydrogen-bond acceptors (Lipinski definition) is 4. The Bertz CT molecular complexity index is 484. The largest absolute Gasteiger partial charge is 0.491 e. The first kappa shape index (κ1) is 15.6. The van der Waals surface area contributed by atoms with Crippen LogP contribution < -0.4 is 10.5 Å². The first-order chi connectivity index (χ1) is 10.1. The predicted molar refractivity (Wildman–Crippen MR) is 82.6 cm³/mol. The summed E-state index contributed by atoms with van der Waals surface area (Å²) in [5.41, 5.74) is 6.91. The van der Waals surface area contributed by atoms with E-state index in [0.717, 1.165) is 25.9 Å². The van der Waals surface area contributed by atoms with Crippen molar-refractivity contribution in [3.8, 4) is 5.75 Å². The number of anilines is 1. The lowest BCUT2D eigenvalue weighted by atomic mass is 10.1. The molecular weight excluding hydrogens is 268 g/mol. The van der Waals surface area contributed by atoms with Crippen LogP contribution in [0.2, 0.25) is 0 Å². The Morgan fingerprint density at radius 2 is 2.29 bits per heavy atom. The summed E-state index contributed by atoms with van der Waals surface area (Å²) in [6, 6.07) is 5.27. The van der Waals surface area contributed by atoms with Gasteiger partial charge < -0.3 is 20.1 Å². The molecule has 0 bridgehead atoms. The van der Waals surface area contributed by atoms with Crippen LogP contribution in [0.4, 0.5) is 5.69 Å². The molecule has 0 aliphatic carbocycles. The zero-order chi connectivity index (χ0) is 15.2. The van der Waals surface area contributed by atoms with Crippen LogP contribution in [0.15, 0.2) is 18.2 Å². The average molecular weight is 292 g/mol. The van der Waals surface area contributed by atoms with Crippen molar-refractivity contribution < 1.29 is 14.3 Å². The van der Waals surface area contributed by atoms with Gasteiger partial charge in [0.05, 0.1) is 24.0 Å². The lowest BCUT2D eigenvalue weighted by molar-refractivity contribution is -0.000247. The molecule has 21 heavy (non-hydrogen) atoms. The van der Waals surface area contributed by atoms with Crippen molar-refractivity contribution in [2.75, 3.05) is 32.5 Å². The third-order valence-corrected chi connectivity index (χ3v) is 3.66. The summed E-state index contributed by atoms with van der Waals surface area (Å²) in [7, 11) is 1.79. The minimum Gasteiger partial charge on any atom is -0.491 e. The maximum Gasteiger partial charge on any atom is 0.257 e. The van der Waals surface area contributed by atoms with Crippen LogP contribution in [-0.2, 0) is 4.74 Å². The molecule has 5 heteroatoms. The molecule has 116 valence electrons. The van der Waals surface area contributed by atoms with Gasteiger partial charge in [0.1, 0.15) is 0 Å². The summed E-state index contributed by atoms with van der Waals surface area (Å²) in [5.74, 6) is 0.390. The number of ether oxygens (including phenoxy) is 2. The van der Waals surface area contributed by atoms with E-state index in [1.165, 1.54) is 0 Å². The molecule has 0 spiro atoms. The van der Waals surface area contributed by atoms with Crippen molar-refractivity contribution >= 4 is 11.6 Å². The van der Waals surface area contributed by atoms with Crippen molar-refractivity contribution in [3.63, 3.8) is 0 Å². The van der Waals surface area contributed by atoms with Gasteiger partial charge in [-0.2, -0.15) is 0 Å². The quantitative estimate of drug-likeness (QED) is 0.846. The maximum absolute atomic E-state index is 12.6. The molecular formula is C16H24N2O3. The highest BCUT2D eigenvalue weighted by Gasteiger charge is 2.22. The second-order valence-corrected chi connectivity index (χ2v) is 5.33. The average Bonchev–Trinajstić information content (AvgIpc) is 2.50. The van der Waals surface area contributed by atoms with Crippen LogP contribution >= 0.6 is 0 Å². The third kappa shape index (κ3) is 3.88. The SMILES string of the molecule is CCOc1c(N)cccc1C(=O)N(C)CC1CCCCO1. The zero-order valence-corrected chi connectivity index (χ0v) is 12.8. The second kappa shape index (κ2) is 7.31. The fraction of sp³-hybridized carbons (Fsp3) is 0.562. The molecule has 1 aromatic carbocycles. The minimum atomic E-state index is -0.0834. The molecule has 0 aromatic heterocycles. The van der Waals surface area contributed by atoms with E-state index < -0.39 is 0 Å². The normalized spacial score (nSPS) is 18.3. The van der Waals surface area contributed by atoms with Crippen LogP contribution in [0, 0.1) is 0 Å². The Morgan fingerprint density at radius 3 is 2.95 bits per heavy atom. The number of nitrogens with two attached hydrogens (primary N) is 1. The molecule has 0 radical (unpaired) electrons. The number of carbonyl (C=O) groups is 1. The molecule has 1 amide bonds. The zero-order valence-electron chi connectivity index (χ0n) is 12.8. The van der Waals surface area contributed by atoms with Gasteiger partial charge in [0.15, 0.2) is 5.75 Å². The lowest BCUT2D eigenvalue weighted by Crippen LogP contribution is -2.37. The van der Waals surface area contributed by atoms with E-state index in [0.29, 0.717) is 30.2 Å². The number of nitrogens with zero attached hydrogens (tertiary/aromatic N) is 1. The molecule has 2 rings (SSSR count). The van der Waals surface area contributed by atoms with Crippen LogP contribution in [0.5, 0.6) is 5.75 Å². The Kier molecular flexibility index (Phi) is 5.44. The first-order valence-electron chi connectivity index (χ1n) is 7.51. The molecule has 1 heterocycles. The number of benzene rings is 1. The van der Waals surface area contributed by atoms with E-state index in [4.69, 9.17) is 15.2 Å². The number of likely N-dealkylation sites (N-methyl/N-ethyl adjacent to an activating group) is 1. The predicted octanol–water partition coefficient (Wildman–Crippen LogP) is 2.31. The summed E-state index contributed by atoms with van der Waals surface area (Å²) in [4.78, 5) is 14.3. The van der Waals surface area contributed by atoms with Crippen LogP contribution in [-0.4, -0.2) is 43.7 Å². The fourth-order valence-corrected chi connectivity index (χ4v) is 2.57. The number of nitrogen functional groups attached to an aromatic ring is 1. The van der Waals surface area contributed by atoms with Gasteiger partial charge in [-0.15, -0.1) is 0 Å². The Hall–Kier alpha value is -1.75. The molecule has 2 N–H and O–H groups in total. The van der Waals surface area contributed by atoms with Crippen molar-refractivity contribution in [1.29, 1.82) is 0 Å². The third-order valence-electron chi connectivity index (χ3n) is 3.66. The number of rotatable bonds is 5. The molecule has 1 aromatic rings. The van der Waals surface area contributed by atoms with Crippen LogP contribution in [0.1, 0.15) is 36.5 Å². The van der Waals surface area contributed by atoms with E-state index in [2.05, 4.69) is 0 Å². The monoisotopic (exact) mass is 292 g/mol. The maximum atomic E-state index is 12.6. The fourth-order valence-electron chi connectivity index (χ4n) is 2.57. The minimum absolute atomic E-state index is 0.0834. The van der Waals surface area contributed by atoms with Gasteiger partial charge in [0.2, 0.25) is 0 Å². The summed E-state index contributed by atoms with van der Waals surface area (Å²) >= 11 is 0. The van der Waals surface area contributed by atoms with E-state index in [-0.39, 0.29) is 12.0 Å². The first-order valence-corrected chi connectivity index (χ1v) is 7.51. The number of para-hydroxylation sites is 1. The summed E-state index contributed by atoms with van der Waals surface area (Å²) < 4.78 is 11.2. The van der Waals surface area contributed by atoms with Gasteiger partial charge in [-0.1, -0.05) is 6.07 Å². The molecule has 1 fully saturated rings. The summed E-state index contributed by atoms with van der Waals surface area (Å²) in [6.45, 7) is 3.73. The van der Waals surface area contributed by atoms with E-state index in [9.17, 15) is 4.79 Å². The number of carbonyl (C=O) groups excluding carboxylic acids is 1. The lowest BCUT2D eigenvalue weighted by Gasteiger charge is -2.28. The Labute approximate surface area is 126 Å². The van der Waals surface area contributed by atoms with Crippen molar-refractivity contribution in [3.05, 3.63) is 23.8 Å². The highest BCUT2D eigenvalue weighted by atomic mass is 16.5. The van der Waals surface area contributed by atoms with E-state index in [1.807, 2.05) is 6.92 Å². The number of hydrogen-bond donors (Lipinski definition) is 1. The van der Waals surface area contributed by atoms with Gasteiger partial charge in [0, 0.05) is 20.2 Å². The standard InChI is InChI=1S/C16H24N2O3/c1-3-20-15-13(8-6-9-14(15)17)16(19)18(2)11-12-7-4-5-10-21-12/h6,8-9,12H,3-5,7,10-11,17H2,1-2H3. The molecule has 1 atom stereocenters. The van der Waals surface area contributed by atoms with Gasteiger partial charge in [-0.05, 0) is 38.3 Å². The van der Waals surface area contributed by atoms with Crippen LogP contribution in [0.25, 0.3) is 0 Å². The topological polar surface area (TPSA) is 64.8 Å². The van der Waals surface area contributed by atoms with Gasteiger partial charge in [-0.25, -0.2) is 0 Å².